The number of amides is 1. The van der Waals surface area contributed by atoms with Gasteiger partial charge in [0.2, 0.25) is 0 Å². The highest BCUT2D eigenvalue weighted by Gasteiger charge is 2.14. The molecule has 128 valence electrons. The first-order chi connectivity index (χ1) is 11.7. The second-order valence-electron chi connectivity index (χ2n) is 5.86. The Morgan fingerprint density at radius 3 is 2.33 bits per heavy atom. The Kier molecular flexibility index (Phi) is 6.79. The Bertz CT molecular complexity index is 646. The van der Waals surface area contributed by atoms with Crippen molar-refractivity contribution >= 4 is 17.4 Å². The lowest BCUT2D eigenvalue weighted by Crippen LogP contribution is -2.32. The van der Waals surface area contributed by atoms with Crippen LogP contribution >= 0.6 is 0 Å². The number of hydrogen-bond acceptors (Lipinski definition) is 3. The third kappa shape index (κ3) is 4.57. The first-order valence-electron chi connectivity index (χ1n) is 8.79. The van der Waals surface area contributed by atoms with Gasteiger partial charge in [0, 0.05) is 25.0 Å². The molecule has 0 radical (unpaired) electrons. The molecule has 0 fully saturated rings. The van der Waals surface area contributed by atoms with Crippen LogP contribution in [0.1, 0.15) is 49.5 Å². The molecule has 0 aliphatic rings. The number of para-hydroxylation sites is 1. The lowest BCUT2D eigenvalue weighted by atomic mass is 10.1. The zero-order chi connectivity index (χ0) is 17.4. The molecular weight excluding hydrogens is 298 g/mol. The van der Waals surface area contributed by atoms with Crippen LogP contribution in [0.2, 0.25) is 0 Å². The fourth-order valence-electron chi connectivity index (χ4n) is 2.72. The molecule has 0 spiro atoms. The molecule has 1 aromatic carbocycles. The monoisotopic (exact) mass is 325 g/mol. The van der Waals surface area contributed by atoms with Crippen LogP contribution in [0.25, 0.3) is 0 Å². The van der Waals surface area contributed by atoms with E-state index in [1.165, 1.54) is 5.56 Å². The molecule has 4 heteroatoms. The minimum atomic E-state index is 0.0618. The van der Waals surface area contributed by atoms with Crippen molar-refractivity contribution < 1.29 is 4.79 Å². The van der Waals surface area contributed by atoms with Gasteiger partial charge in [-0.1, -0.05) is 39.0 Å². The molecule has 0 saturated heterocycles. The Hall–Kier alpha value is -2.36. The average Bonchev–Trinajstić information content (AvgIpc) is 2.62. The fourth-order valence-corrected chi connectivity index (χ4v) is 2.72. The van der Waals surface area contributed by atoms with Crippen molar-refractivity contribution in [3.8, 4) is 0 Å². The molecule has 2 aromatic rings. The van der Waals surface area contributed by atoms with E-state index in [2.05, 4.69) is 37.1 Å². The Balaban J connectivity index is 2.11. The Morgan fingerprint density at radius 1 is 1.04 bits per heavy atom. The van der Waals surface area contributed by atoms with E-state index >= 15 is 0 Å². The molecule has 0 saturated carbocycles. The van der Waals surface area contributed by atoms with E-state index in [1.54, 1.807) is 6.20 Å². The Labute approximate surface area is 144 Å². The third-order valence-electron chi connectivity index (χ3n) is 3.95. The number of hydrogen-bond donors (Lipinski definition) is 1. The first-order valence-corrected chi connectivity index (χ1v) is 8.79. The van der Waals surface area contributed by atoms with E-state index in [9.17, 15) is 4.79 Å². The molecule has 4 nitrogen and oxygen atoms in total. The number of carbonyl (C=O) groups excluding carboxylic acids is 1. The maximum atomic E-state index is 12.6. The molecule has 0 bridgehead atoms. The van der Waals surface area contributed by atoms with E-state index in [0.29, 0.717) is 5.56 Å². The highest BCUT2D eigenvalue weighted by atomic mass is 16.2. The van der Waals surface area contributed by atoms with Gasteiger partial charge in [-0.2, -0.15) is 0 Å². The molecular formula is C20H27N3O. The van der Waals surface area contributed by atoms with Gasteiger partial charge in [-0.15, -0.1) is 0 Å². The van der Waals surface area contributed by atoms with Gasteiger partial charge in [0.1, 0.15) is 5.82 Å². The smallest absolute Gasteiger partial charge is 0.255 e. The summed E-state index contributed by atoms with van der Waals surface area (Å²) in [4.78, 5) is 18.9. The van der Waals surface area contributed by atoms with Gasteiger partial charge in [-0.05, 0) is 43.0 Å². The van der Waals surface area contributed by atoms with Crippen LogP contribution in [-0.4, -0.2) is 28.9 Å². The van der Waals surface area contributed by atoms with Crippen LogP contribution in [0.4, 0.5) is 11.5 Å². The number of anilines is 2. The number of benzene rings is 1. The summed E-state index contributed by atoms with van der Waals surface area (Å²) in [6.07, 6.45) is 4.56. The standard InChI is InChI=1S/C20H27N3O/c1-4-13-23(14-5-2)20(24)17-11-12-19(21-15-17)22-18-10-8-7-9-16(18)6-3/h7-12,15H,4-6,13-14H2,1-3H3,(H,21,22). The van der Waals surface area contributed by atoms with Crippen LogP contribution in [0.15, 0.2) is 42.6 Å². The Morgan fingerprint density at radius 2 is 1.75 bits per heavy atom. The van der Waals surface area contributed by atoms with Crippen molar-refractivity contribution in [2.45, 2.75) is 40.0 Å². The van der Waals surface area contributed by atoms with Crippen LogP contribution < -0.4 is 5.32 Å². The van der Waals surface area contributed by atoms with E-state index in [4.69, 9.17) is 0 Å². The van der Waals surface area contributed by atoms with Crippen molar-refractivity contribution in [3.63, 3.8) is 0 Å². The number of aromatic nitrogens is 1. The summed E-state index contributed by atoms with van der Waals surface area (Å²) in [5.41, 5.74) is 2.95. The van der Waals surface area contributed by atoms with Gasteiger partial charge in [0.05, 0.1) is 5.56 Å². The number of rotatable bonds is 8. The first kappa shape index (κ1) is 18.0. The minimum absolute atomic E-state index is 0.0618. The van der Waals surface area contributed by atoms with Crippen LogP contribution in [0.5, 0.6) is 0 Å². The molecule has 1 aromatic heterocycles. The lowest BCUT2D eigenvalue weighted by Gasteiger charge is -2.21. The van der Waals surface area contributed by atoms with Gasteiger partial charge in [0.25, 0.3) is 5.91 Å². The minimum Gasteiger partial charge on any atom is -0.340 e. The molecule has 0 aliphatic carbocycles. The number of carbonyl (C=O) groups is 1. The largest absolute Gasteiger partial charge is 0.340 e. The number of pyridine rings is 1. The van der Waals surface area contributed by atoms with Crippen molar-refractivity contribution in [1.82, 2.24) is 9.88 Å². The molecule has 0 aliphatic heterocycles. The topological polar surface area (TPSA) is 45.2 Å². The van der Waals surface area contributed by atoms with Crippen molar-refractivity contribution in [2.75, 3.05) is 18.4 Å². The van der Waals surface area contributed by atoms with Gasteiger partial charge in [0.15, 0.2) is 0 Å². The second kappa shape index (κ2) is 9.06. The summed E-state index contributed by atoms with van der Waals surface area (Å²) in [5, 5.41) is 3.33. The van der Waals surface area contributed by atoms with E-state index in [-0.39, 0.29) is 5.91 Å². The van der Waals surface area contributed by atoms with Crippen molar-refractivity contribution in [3.05, 3.63) is 53.7 Å². The normalized spacial score (nSPS) is 10.5. The SMILES string of the molecule is CCCN(CCC)C(=O)c1ccc(Nc2ccccc2CC)nc1. The summed E-state index contributed by atoms with van der Waals surface area (Å²) in [6, 6.07) is 11.9. The predicted molar refractivity (Wildman–Crippen MR) is 99.8 cm³/mol. The summed E-state index contributed by atoms with van der Waals surface area (Å²) >= 11 is 0. The van der Waals surface area contributed by atoms with Gasteiger partial charge in [-0.3, -0.25) is 4.79 Å². The predicted octanol–water partition coefficient (Wildman–Crippen LogP) is 4.65. The van der Waals surface area contributed by atoms with Crippen molar-refractivity contribution in [2.24, 2.45) is 0 Å². The maximum Gasteiger partial charge on any atom is 0.255 e. The zero-order valence-corrected chi connectivity index (χ0v) is 14.9. The maximum absolute atomic E-state index is 12.6. The molecule has 24 heavy (non-hydrogen) atoms. The summed E-state index contributed by atoms with van der Waals surface area (Å²) in [5.74, 6) is 0.816. The van der Waals surface area contributed by atoms with Gasteiger partial charge < -0.3 is 10.2 Å². The lowest BCUT2D eigenvalue weighted by molar-refractivity contribution is 0.0755. The molecule has 2 rings (SSSR count). The third-order valence-corrected chi connectivity index (χ3v) is 3.95. The van der Waals surface area contributed by atoms with E-state index < -0.39 is 0 Å². The summed E-state index contributed by atoms with van der Waals surface area (Å²) in [6.45, 7) is 7.89. The number of aryl methyl sites for hydroxylation is 1. The van der Waals surface area contributed by atoms with Crippen molar-refractivity contribution in [1.29, 1.82) is 0 Å². The molecule has 0 atom stereocenters. The molecule has 1 amide bonds. The number of nitrogens with one attached hydrogen (secondary N) is 1. The molecule has 1 N–H and O–H groups in total. The highest BCUT2D eigenvalue weighted by molar-refractivity contribution is 5.94. The second-order valence-corrected chi connectivity index (χ2v) is 5.86. The van der Waals surface area contributed by atoms with Crippen LogP contribution in [0, 0.1) is 0 Å². The highest BCUT2D eigenvalue weighted by Crippen LogP contribution is 2.20. The summed E-state index contributed by atoms with van der Waals surface area (Å²) < 4.78 is 0. The molecule has 1 heterocycles. The average molecular weight is 325 g/mol. The number of nitrogens with zero attached hydrogens (tertiary/aromatic N) is 2. The van der Waals surface area contributed by atoms with E-state index in [0.717, 1.165) is 43.9 Å². The van der Waals surface area contributed by atoms with Crippen LogP contribution in [-0.2, 0) is 6.42 Å². The fraction of sp³-hybridized carbons (Fsp3) is 0.400. The van der Waals surface area contributed by atoms with Gasteiger partial charge >= 0.3 is 0 Å². The zero-order valence-electron chi connectivity index (χ0n) is 14.9. The van der Waals surface area contributed by atoms with Crippen LogP contribution in [0.3, 0.4) is 0 Å². The molecule has 0 unspecified atom stereocenters. The quantitative estimate of drug-likeness (QED) is 0.768. The van der Waals surface area contributed by atoms with E-state index in [1.807, 2.05) is 35.2 Å². The summed E-state index contributed by atoms with van der Waals surface area (Å²) in [7, 11) is 0. The van der Waals surface area contributed by atoms with Gasteiger partial charge in [-0.25, -0.2) is 4.98 Å².